The van der Waals surface area contributed by atoms with Gasteiger partial charge in [-0.3, -0.25) is 0 Å². The number of quaternary nitrogens is 1. The third kappa shape index (κ3) is 14.2. The van der Waals surface area contributed by atoms with E-state index in [-0.39, 0.29) is 12.1 Å². The van der Waals surface area contributed by atoms with Crippen LogP contribution in [0.15, 0.2) is 24.3 Å². The molecule has 6 N–H and O–H groups in total. The first-order valence-corrected chi connectivity index (χ1v) is 10.8. The lowest BCUT2D eigenvalue weighted by Crippen LogP contribution is -2.06. The average molecular weight is 380 g/mol. The van der Waals surface area contributed by atoms with Crippen molar-refractivity contribution in [1.82, 2.24) is 6.15 Å². The molecule has 0 amide bonds. The highest BCUT2D eigenvalue weighted by molar-refractivity contribution is 5.89. The second kappa shape index (κ2) is 17.8. The van der Waals surface area contributed by atoms with E-state index in [0.717, 1.165) is 12.8 Å². The van der Waals surface area contributed by atoms with Gasteiger partial charge in [-0.15, -0.1) is 0 Å². The molecule has 4 heteroatoms. The standard InChI is InChI=1S/C23H39NO2.H3N/c1-2-3-4-5-6-7-8-9-10-11-12-13-14-15-20-26-23(25)21-16-18-22(24)19-17-21;/h16-19H,2-15,20,24H2,1H3;1H3/p+1. The van der Waals surface area contributed by atoms with Crippen LogP contribution in [0.4, 0.5) is 5.69 Å². The summed E-state index contributed by atoms with van der Waals surface area (Å²) < 4.78 is 5.30. The first-order valence-electron chi connectivity index (χ1n) is 10.8. The van der Waals surface area contributed by atoms with E-state index in [9.17, 15) is 4.79 Å². The van der Waals surface area contributed by atoms with Crippen molar-refractivity contribution in [3.63, 3.8) is 0 Å². The third-order valence-corrected chi connectivity index (χ3v) is 4.88. The van der Waals surface area contributed by atoms with Crippen LogP contribution in [0.3, 0.4) is 0 Å². The smallest absolute Gasteiger partial charge is 0.338 e. The Morgan fingerprint density at radius 2 is 1.15 bits per heavy atom. The fraction of sp³-hybridized carbons (Fsp3) is 0.696. The molecule has 0 unspecified atom stereocenters. The number of esters is 1. The average Bonchev–Trinajstić information content (AvgIpc) is 2.65. The number of carbonyl (C=O) groups is 1. The Kier molecular flexibility index (Phi) is 16.8. The number of hydrogen-bond acceptors (Lipinski definition) is 3. The molecule has 1 rings (SSSR count). The van der Waals surface area contributed by atoms with Crippen LogP contribution in [-0.4, -0.2) is 12.6 Å². The molecular formula is C23H43N2O2+. The first kappa shape index (κ1) is 25.4. The zero-order valence-corrected chi connectivity index (χ0v) is 17.8. The Hall–Kier alpha value is -1.55. The van der Waals surface area contributed by atoms with Crippen molar-refractivity contribution < 1.29 is 9.53 Å². The van der Waals surface area contributed by atoms with Crippen LogP contribution in [0.25, 0.3) is 0 Å². The van der Waals surface area contributed by atoms with E-state index in [4.69, 9.17) is 10.5 Å². The molecule has 1 aromatic carbocycles. The van der Waals surface area contributed by atoms with Gasteiger partial charge in [0, 0.05) is 5.69 Å². The van der Waals surface area contributed by atoms with Crippen molar-refractivity contribution in [1.29, 1.82) is 0 Å². The summed E-state index contributed by atoms with van der Waals surface area (Å²) >= 11 is 0. The Morgan fingerprint density at radius 3 is 1.59 bits per heavy atom. The third-order valence-electron chi connectivity index (χ3n) is 4.88. The molecular weight excluding hydrogens is 336 g/mol. The Balaban J connectivity index is 0.00000676. The number of nitrogens with two attached hydrogens (primary N) is 1. The SMILES string of the molecule is CCCCCCCCCCCCCCCCOC(=O)c1ccc(N)cc1.[NH4+]. The first-order chi connectivity index (χ1) is 12.7. The van der Waals surface area contributed by atoms with Gasteiger partial charge in [-0.2, -0.15) is 0 Å². The van der Waals surface area contributed by atoms with Gasteiger partial charge < -0.3 is 16.6 Å². The summed E-state index contributed by atoms with van der Waals surface area (Å²) in [5.41, 5.74) is 6.84. The van der Waals surface area contributed by atoms with E-state index in [0.29, 0.717) is 17.9 Å². The molecule has 0 atom stereocenters. The van der Waals surface area contributed by atoms with E-state index in [1.54, 1.807) is 24.3 Å². The van der Waals surface area contributed by atoms with Crippen LogP contribution in [0.1, 0.15) is 107 Å². The zero-order chi connectivity index (χ0) is 18.9. The molecule has 0 spiro atoms. The van der Waals surface area contributed by atoms with Crippen LogP contribution in [0.5, 0.6) is 0 Å². The monoisotopic (exact) mass is 379 g/mol. The number of benzene rings is 1. The molecule has 156 valence electrons. The van der Waals surface area contributed by atoms with Crippen LogP contribution in [-0.2, 0) is 4.74 Å². The molecule has 0 aliphatic carbocycles. The number of anilines is 1. The maximum Gasteiger partial charge on any atom is 0.338 e. The van der Waals surface area contributed by atoms with Crippen molar-refractivity contribution in [2.24, 2.45) is 0 Å². The van der Waals surface area contributed by atoms with E-state index in [1.165, 1.54) is 77.0 Å². The molecule has 27 heavy (non-hydrogen) atoms. The van der Waals surface area contributed by atoms with Crippen molar-refractivity contribution >= 4 is 11.7 Å². The van der Waals surface area contributed by atoms with Gasteiger partial charge in [0.05, 0.1) is 12.2 Å². The van der Waals surface area contributed by atoms with Gasteiger partial charge in [0.15, 0.2) is 0 Å². The van der Waals surface area contributed by atoms with Gasteiger partial charge in [-0.05, 0) is 30.7 Å². The van der Waals surface area contributed by atoms with E-state index in [2.05, 4.69) is 6.92 Å². The molecule has 4 nitrogen and oxygen atoms in total. The minimum absolute atomic E-state index is 0. The Bertz CT molecular complexity index is 460. The molecule has 0 aromatic heterocycles. The van der Waals surface area contributed by atoms with Crippen LogP contribution in [0, 0.1) is 0 Å². The topological polar surface area (TPSA) is 88.8 Å². The molecule has 0 bridgehead atoms. The number of hydrogen-bond donors (Lipinski definition) is 2. The van der Waals surface area contributed by atoms with Crippen molar-refractivity contribution in [3.05, 3.63) is 29.8 Å². The highest BCUT2D eigenvalue weighted by atomic mass is 16.5. The molecule has 0 fully saturated rings. The van der Waals surface area contributed by atoms with Gasteiger partial charge >= 0.3 is 5.97 Å². The fourth-order valence-corrected chi connectivity index (χ4v) is 3.16. The van der Waals surface area contributed by atoms with Gasteiger partial charge in [0.25, 0.3) is 0 Å². The summed E-state index contributed by atoms with van der Waals surface area (Å²) in [6.45, 7) is 2.79. The summed E-state index contributed by atoms with van der Waals surface area (Å²) in [5.74, 6) is -0.250. The van der Waals surface area contributed by atoms with Crippen LogP contribution in [0.2, 0.25) is 0 Å². The van der Waals surface area contributed by atoms with Gasteiger partial charge in [0.1, 0.15) is 0 Å². The molecule has 0 radical (unpaired) electrons. The van der Waals surface area contributed by atoms with E-state index < -0.39 is 0 Å². The summed E-state index contributed by atoms with van der Waals surface area (Å²) in [5, 5.41) is 0. The lowest BCUT2D eigenvalue weighted by atomic mass is 10.0. The Labute approximate surface area is 166 Å². The maximum absolute atomic E-state index is 11.8. The zero-order valence-electron chi connectivity index (χ0n) is 17.8. The minimum atomic E-state index is -0.250. The molecule has 0 aliphatic heterocycles. The second-order valence-corrected chi connectivity index (χ2v) is 7.35. The van der Waals surface area contributed by atoms with Gasteiger partial charge in [-0.25, -0.2) is 4.79 Å². The molecule has 0 heterocycles. The summed E-state index contributed by atoms with van der Waals surface area (Å²) in [6, 6.07) is 6.87. The van der Waals surface area contributed by atoms with E-state index in [1.807, 2.05) is 0 Å². The largest absolute Gasteiger partial charge is 0.462 e. The van der Waals surface area contributed by atoms with Gasteiger partial charge in [-0.1, -0.05) is 90.4 Å². The summed E-state index contributed by atoms with van der Waals surface area (Å²) in [6.07, 6.45) is 18.6. The van der Waals surface area contributed by atoms with Crippen molar-refractivity contribution in [2.75, 3.05) is 12.3 Å². The van der Waals surface area contributed by atoms with Crippen LogP contribution < -0.4 is 11.9 Å². The highest BCUT2D eigenvalue weighted by Gasteiger charge is 2.05. The predicted molar refractivity (Wildman–Crippen MR) is 117 cm³/mol. The number of unbranched alkanes of at least 4 members (excludes halogenated alkanes) is 13. The van der Waals surface area contributed by atoms with E-state index >= 15 is 0 Å². The highest BCUT2D eigenvalue weighted by Crippen LogP contribution is 2.13. The van der Waals surface area contributed by atoms with Crippen molar-refractivity contribution in [3.8, 4) is 0 Å². The lowest BCUT2D eigenvalue weighted by molar-refractivity contribution is 0.0497. The number of rotatable bonds is 16. The molecule has 0 saturated heterocycles. The lowest BCUT2D eigenvalue weighted by Gasteiger charge is -2.05. The molecule has 1 aromatic rings. The normalized spacial score (nSPS) is 10.4. The quantitative estimate of drug-likeness (QED) is 0.179. The Morgan fingerprint density at radius 1 is 0.741 bits per heavy atom. The number of ether oxygens (including phenoxy) is 1. The second-order valence-electron chi connectivity index (χ2n) is 7.35. The summed E-state index contributed by atoms with van der Waals surface area (Å²) in [4.78, 5) is 11.8. The predicted octanol–water partition coefficient (Wildman–Crippen LogP) is 7.28. The number of nitrogen functional groups attached to an aromatic ring is 1. The fourth-order valence-electron chi connectivity index (χ4n) is 3.16. The van der Waals surface area contributed by atoms with Crippen molar-refractivity contribution in [2.45, 2.75) is 96.8 Å². The maximum atomic E-state index is 11.8. The minimum Gasteiger partial charge on any atom is -0.462 e. The van der Waals surface area contributed by atoms with Gasteiger partial charge in [0.2, 0.25) is 0 Å². The number of carbonyl (C=O) groups excluding carboxylic acids is 1. The molecule has 0 saturated carbocycles. The molecule has 0 aliphatic rings. The van der Waals surface area contributed by atoms with Crippen LogP contribution >= 0.6 is 0 Å². The summed E-state index contributed by atoms with van der Waals surface area (Å²) in [7, 11) is 0.